The van der Waals surface area contributed by atoms with Crippen molar-refractivity contribution in [2.45, 2.75) is 64.8 Å². The van der Waals surface area contributed by atoms with E-state index < -0.39 is 48.7 Å². The highest BCUT2D eigenvalue weighted by atomic mass is 19.4. The number of aliphatic imine (C=N–C) groups is 1. The van der Waals surface area contributed by atoms with E-state index in [1.54, 1.807) is 24.9 Å². The topological polar surface area (TPSA) is 162 Å². The van der Waals surface area contributed by atoms with E-state index in [1.165, 1.54) is 24.0 Å². The Morgan fingerprint density at radius 1 is 0.885 bits per heavy atom. The van der Waals surface area contributed by atoms with Gasteiger partial charge in [-0.25, -0.2) is 9.78 Å². The van der Waals surface area contributed by atoms with Gasteiger partial charge in [0.05, 0.1) is 70.1 Å². The Bertz CT molecular complexity index is 2210. The molecule has 0 unspecified atom stereocenters. The van der Waals surface area contributed by atoms with Crippen molar-refractivity contribution in [2.75, 3.05) is 47.2 Å². The highest BCUT2D eigenvalue weighted by Gasteiger charge is 2.44. The van der Waals surface area contributed by atoms with Gasteiger partial charge in [0.2, 0.25) is 11.8 Å². The van der Waals surface area contributed by atoms with Crippen LogP contribution >= 0.6 is 0 Å². The number of halogens is 3. The minimum absolute atomic E-state index is 0.0242. The van der Waals surface area contributed by atoms with E-state index in [9.17, 15) is 32.3 Å². The number of allylic oxidation sites excluding steroid dienone is 1. The summed E-state index contributed by atoms with van der Waals surface area (Å²) in [6, 6.07) is 13.4. The van der Waals surface area contributed by atoms with E-state index in [0.717, 1.165) is 27.9 Å². The van der Waals surface area contributed by atoms with Gasteiger partial charge in [-0.2, -0.15) is 13.2 Å². The molecule has 61 heavy (non-hydrogen) atoms. The molecule has 14 nitrogen and oxygen atoms in total. The second-order valence-electron chi connectivity index (χ2n) is 16.0. The number of methoxy groups -OCH3 is 2. The van der Waals surface area contributed by atoms with Crippen LogP contribution in [0.3, 0.4) is 0 Å². The third kappa shape index (κ3) is 10.9. The predicted octanol–water partition coefficient (Wildman–Crippen LogP) is 5.34. The van der Waals surface area contributed by atoms with Crippen molar-refractivity contribution >= 4 is 35.3 Å². The maximum atomic E-state index is 13.8. The number of aromatic amines is 1. The predicted molar refractivity (Wildman–Crippen MR) is 221 cm³/mol. The number of carbonyl (C=O) groups is 4. The SMILES string of the molecule is COC(=O)C[C@H](C(=O)N1CN(CC(F)(F)F)C[C@H]1C1=NC(c2ccc(C#Cc3ccc(-c4cnc([C@@H]5CNCN5C(=O)[C@@H](NC(=O)OC)C(C)C)[nH]4)cc3)cc2)=CC1)C(C)C. The Morgan fingerprint density at radius 3 is 2.13 bits per heavy atom. The summed E-state index contributed by atoms with van der Waals surface area (Å²) in [5, 5.41) is 5.87. The molecule has 3 aliphatic rings. The Labute approximate surface area is 352 Å². The van der Waals surface area contributed by atoms with Crippen LogP contribution in [0.15, 0.2) is 65.8 Å². The van der Waals surface area contributed by atoms with Crippen molar-refractivity contribution in [3.05, 3.63) is 83.3 Å². The summed E-state index contributed by atoms with van der Waals surface area (Å²) in [5.74, 6) is 4.65. The number of imidazole rings is 1. The molecule has 3 amide bonds. The van der Waals surface area contributed by atoms with Gasteiger partial charge in [0, 0.05) is 36.3 Å². The molecule has 4 atom stereocenters. The van der Waals surface area contributed by atoms with Crippen LogP contribution in [-0.2, 0) is 23.9 Å². The lowest BCUT2D eigenvalue weighted by Crippen LogP contribution is -2.51. The van der Waals surface area contributed by atoms with Crippen molar-refractivity contribution in [1.82, 2.24) is 35.3 Å². The number of hydrogen-bond acceptors (Lipinski definition) is 10. The zero-order chi connectivity index (χ0) is 44.0. The van der Waals surface area contributed by atoms with E-state index >= 15 is 0 Å². The summed E-state index contributed by atoms with van der Waals surface area (Å²) >= 11 is 0. The lowest BCUT2D eigenvalue weighted by molar-refractivity contribution is -0.151. The van der Waals surface area contributed by atoms with Crippen molar-refractivity contribution in [1.29, 1.82) is 0 Å². The minimum atomic E-state index is -4.44. The number of benzene rings is 2. The van der Waals surface area contributed by atoms with E-state index in [1.807, 2.05) is 68.5 Å². The zero-order valence-corrected chi connectivity index (χ0v) is 35.0. The van der Waals surface area contributed by atoms with E-state index in [-0.39, 0.29) is 43.4 Å². The quantitative estimate of drug-likeness (QED) is 0.162. The van der Waals surface area contributed by atoms with Crippen LogP contribution in [-0.4, -0.2) is 120 Å². The lowest BCUT2D eigenvalue weighted by Gasteiger charge is -2.29. The normalized spacial score (nSPS) is 19.0. The number of esters is 1. The second-order valence-corrected chi connectivity index (χ2v) is 16.0. The first-order chi connectivity index (χ1) is 29.0. The third-order valence-corrected chi connectivity index (χ3v) is 11.0. The first-order valence-corrected chi connectivity index (χ1v) is 20.1. The number of alkyl carbamates (subject to hydrolysis) is 1. The van der Waals surface area contributed by atoms with E-state index in [4.69, 9.17) is 14.5 Å². The molecule has 0 aliphatic carbocycles. The second kappa shape index (κ2) is 19.2. The van der Waals surface area contributed by atoms with Gasteiger partial charge in [-0.15, -0.1) is 0 Å². The fourth-order valence-corrected chi connectivity index (χ4v) is 7.67. The van der Waals surface area contributed by atoms with Gasteiger partial charge in [-0.1, -0.05) is 69.9 Å². The van der Waals surface area contributed by atoms with Gasteiger partial charge in [0.1, 0.15) is 17.9 Å². The molecule has 2 fully saturated rings. The molecule has 3 aliphatic heterocycles. The van der Waals surface area contributed by atoms with E-state index in [2.05, 4.69) is 32.4 Å². The Hall–Kier alpha value is -5.99. The number of H-pyrrole nitrogens is 1. The summed E-state index contributed by atoms with van der Waals surface area (Å²) in [4.78, 5) is 68.3. The number of carbonyl (C=O) groups excluding carboxylic acids is 4. The summed E-state index contributed by atoms with van der Waals surface area (Å²) in [5.41, 5.74) is 5.25. The molecular formula is C44H51F3N8O6. The summed E-state index contributed by atoms with van der Waals surface area (Å²) in [7, 11) is 2.49. The van der Waals surface area contributed by atoms with Crippen molar-refractivity contribution in [3.63, 3.8) is 0 Å². The van der Waals surface area contributed by atoms with Crippen LogP contribution in [0.2, 0.25) is 0 Å². The van der Waals surface area contributed by atoms with Gasteiger partial charge >= 0.3 is 18.2 Å². The lowest BCUT2D eigenvalue weighted by atomic mass is 9.90. The standard InChI is InChI=1S/C44H51F3N8O6/c1-26(2)32(19-38(56)60-5)41(57)55-25-53(23-44(45,46)47)22-37(55)34-18-17-33(50-34)30-13-9-28(10-14-30)7-8-29-11-15-31(16-12-29)35-20-49-40(51-35)36-21-48-24-54(36)42(58)39(27(3)4)52-43(59)61-6/h9-17,20,26-27,32,36-37,39,48H,18-19,21-25H2,1-6H3,(H,49,51)(H,52,59)/t32-,36-,37-,39-/m0/s1. The summed E-state index contributed by atoms with van der Waals surface area (Å²) < 4.78 is 49.9. The summed E-state index contributed by atoms with van der Waals surface area (Å²) in [6.07, 6.45) is -1.29. The van der Waals surface area contributed by atoms with Gasteiger partial charge in [-0.3, -0.25) is 29.6 Å². The number of hydrogen-bond donors (Lipinski definition) is 3. The Balaban J connectivity index is 1.10. The van der Waals surface area contributed by atoms with Gasteiger partial charge in [0.15, 0.2) is 0 Å². The molecule has 3 N–H and O–H groups in total. The van der Waals surface area contributed by atoms with E-state index in [0.29, 0.717) is 36.9 Å². The van der Waals surface area contributed by atoms with Gasteiger partial charge in [-0.05, 0) is 47.2 Å². The Morgan fingerprint density at radius 2 is 1.54 bits per heavy atom. The minimum Gasteiger partial charge on any atom is -0.469 e. The maximum Gasteiger partial charge on any atom is 0.407 e. The van der Waals surface area contributed by atoms with Crippen molar-refractivity contribution in [3.8, 4) is 23.1 Å². The largest absolute Gasteiger partial charge is 0.469 e. The van der Waals surface area contributed by atoms with Crippen LogP contribution in [0.1, 0.15) is 69.1 Å². The number of aromatic nitrogens is 2. The molecule has 0 bridgehead atoms. The third-order valence-electron chi connectivity index (χ3n) is 11.0. The van der Waals surface area contributed by atoms with Crippen molar-refractivity contribution in [2.24, 2.45) is 22.7 Å². The number of ether oxygens (including phenoxy) is 2. The molecule has 0 spiro atoms. The molecule has 4 heterocycles. The Kier molecular flexibility index (Phi) is 14.0. The average Bonchev–Trinajstić information content (AvgIpc) is 4.07. The van der Waals surface area contributed by atoms with Crippen LogP contribution < -0.4 is 10.6 Å². The molecule has 2 aromatic carbocycles. The van der Waals surface area contributed by atoms with Crippen LogP contribution in [0.25, 0.3) is 17.0 Å². The number of nitrogens with one attached hydrogen (secondary N) is 3. The molecule has 0 saturated carbocycles. The average molecular weight is 845 g/mol. The first kappa shape index (κ1) is 44.6. The molecule has 6 rings (SSSR count). The van der Waals surface area contributed by atoms with Crippen LogP contribution in [0.5, 0.6) is 0 Å². The smallest absolute Gasteiger partial charge is 0.407 e. The maximum absolute atomic E-state index is 13.8. The first-order valence-electron chi connectivity index (χ1n) is 20.1. The zero-order valence-electron chi connectivity index (χ0n) is 35.0. The van der Waals surface area contributed by atoms with Crippen molar-refractivity contribution < 1.29 is 41.8 Å². The molecule has 2 saturated heterocycles. The van der Waals surface area contributed by atoms with Crippen LogP contribution in [0, 0.1) is 29.6 Å². The summed E-state index contributed by atoms with van der Waals surface area (Å²) in [6.45, 7) is 6.71. The molecule has 3 aromatic rings. The van der Waals surface area contributed by atoms with Gasteiger partial charge < -0.3 is 29.6 Å². The number of alkyl halides is 3. The molecule has 1 aromatic heterocycles. The monoisotopic (exact) mass is 844 g/mol. The number of rotatable bonds is 12. The van der Waals surface area contributed by atoms with Gasteiger partial charge in [0.25, 0.3) is 0 Å². The molecular weight excluding hydrogens is 794 g/mol. The number of amides is 3. The molecule has 324 valence electrons. The highest BCUT2D eigenvalue weighted by Crippen LogP contribution is 2.32. The fraction of sp³-hybridized carbons (Fsp3) is 0.455. The van der Waals surface area contributed by atoms with Crippen LogP contribution in [0.4, 0.5) is 18.0 Å². The fourth-order valence-electron chi connectivity index (χ4n) is 7.67. The number of nitrogens with zero attached hydrogens (tertiary/aromatic N) is 5. The highest BCUT2D eigenvalue weighted by molar-refractivity contribution is 6.02. The molecule has 0 radical (unpaired) electrons. The molecule has 17 heteroatoms.